The Balaban J connectivity index is 1.79. The molecule has 3 nitrogen and oxygen atoms in total. The van der Waals surface area contributed by atoms with E-state index in [-0.39, 0.29) is 12.0 Å². The maximum absolute atomic E-state index is 13.0. The zero-order valence-corrected chi connectivity index (χ0v) is 15.4. The Morgan fingerprint density at radius 2 is 2.00 bits per heavy atom. The van der Waals surface area contributed by atoms with Crippen LogP contribution in [0, 0.1) is 6.92 Å². The average Bonchev–Trinajstić information content (AvgIpc) is 2.62. The van der Waals surface area contributed by atoms with Gasteiger partial charge in [-0.2, -0.15) is 0 Å². The first kappa shape index (κ1) is 17.3. The second-order valence-electron chi connectivity index (χ2n) is 5.84. The summed E-state index contributed by atoms with van der Waals surface area (Å²) in [6, 6.07) is 13.7. The smallest absolute Gasteiger partial charge is 0.254 e. The van der Waals surface area contributed by atoms with Crippen LogP contribution in [-0.2, 0) is 4.74 Å². The topological polar surface area (TPSA) is 29.5 Å². The van der Waals surface area contributed by atoms with Crippen LogP contribution >= 0.6 is 23.4 Å². The van der Waals surface area contributed by atoms with Gasteiger partial charge in [-0.05, 0) is 48.6 Å². The second kappa shape index (κ2) is 7.60. The minimum absolute atomic E-state index is 0.0747. The van der Waals surface area contributed by atoms with Gasteiger partial charge in [0.2, 0.25) is 0 Å². The molecule has 0 aliphatic carbocycles. The van der Waals surface area contributed by atoms with E-state index in [0.29, 0.717) is 24.7 Å². The molecule has 1 aliphatic heterocycles. The average molecular weight is 362 g/mol. The Labute approximate surface area is 151 Å². The molecule has 1 atom stereocenters. The molecule has 0 aromatic heterocycles. The largest absolute Gasteiger partial charge is 0.370 e. The highest BCUT2D eigenvalue weighted by atomic mass is 35.5. The predicted molar refractivity (Wildman–Crippen MR) is 99.0 cm³/mol. The number of hydrogen-bond donors (Lipinski definition) is 0. The van der Waals surface area contributed by atoms with Crippen LogP contribution in [0.15, 0.2) is 47.4 Å². The molecule has 3 rings (SSSR count). The van der Waals surface area contributed by atoms with Crippen molar-refractivity contribution >= 4 is 29.3 Å². The summed E-state index contributed by atoms with van der Waals surface area (Å²) in [6.45, 7) is 3.70. The summed E-state index contributed by atoms with van der Waals surface area (Å²) in [5.41, 5.74) is 2.83. The molecule has 0 N–H and O–H groups in total. The molecule has 5 heteroatoms. The summed E-state index contributed by atoms with van der Waals surface area (Å²) in [4.78, 5) is 15.9. The van der Waals surface area contributed by atoms with Crippen LogP contribution in [0.2, 0.25) is 5.02 Å². The fraction of sp³-hybridized carbons (Fsp3) is 0.316. The number of halogens is 1. The van der Waals surface area contributed by atoms with E-state index in [9.17, 15) is 4.79 Å². The van der Waals surface area contributed by atoms with Crippen LogP contribution in [0.25, 0.3) is 0 Å². The highest BCUT2D eigenvalue weighted by Crippen LogP contribution is 2.26. The third kappa shape index (κ3) is 3.77. The van der Waals surface area contributed by atoms with E-state index in [0.717, 1.165) is 21.6 Å². The van der Waals surface area contributed by atoms with Crippen molar-refractivity contribution in [3.8, 4) is 0 Å². The molecule has 1 aliphatic rings. The van der Waals surface area contributed by atoms with Gasteiger partial charge < -0.3 is 9.64 Å². The molecule has 2 aromatic carbocycles. The molecule has 1 unspecified atom stereocenters. The maximum atomic E-state index is 13.0. The van der Waals surface area contributed by atoms with E-state index in [1.807, 2.05) is 60.5 Å². The summed E-state index contributed by atoms with van der Waals surface area (Å²) in [7, 11) is 0. The number of aryl methyl sites for hydroxylation is 1. The summed E-state index contributed by atoms with van der Waals surface area (Å²) in [6.07, 6.45) is 1.91. The lowest BCUT2D eigenvalue weighted by Crippen LogP contribution is -2.42. The van der Waals surface area contributed by atoms with Crippen LogP contribution in [0.3, 0.4) is 0 Å². The van der Waals surface area contributed by atoms with Crippen LogP contribution in [0.5, 0.6) is 0 Å². The molecule has 1 amide bonds. The van der Waals surface area contributed by atoms with Crippen molar-refractivity contribution in [3.05, 3.63) is 64.2 Å². The van der Waals surface area contributed by atoms with E-state index < -0.39 is 0 Å². The Morgan fingerprint density at radius 3 is 2.71 bits per heavy atom. The van der Waals surface area contributed by atoms with E-state index in [1.54, 1.807) is 11.8 Å². The summed E-state index contributed by atoms with van der Waals surface area (Å²) in [5, 5.41) is 0.701. The van der Waals surface area contributed by atoms with E-state index >= 15 is 0 Å². The lowest BCUT2D eigenvalue weighted by atomic mass is 10.0. The number of ether oxygens (including phenoxy) is 1. The first-order valence-corrected chi connectivity index (χ1v) is 9.49. The number of thioether (sulfide) groups is 1. The number of rotatable bonds is 3. The minimum atomic E-state index is -0.107. The Hall–Kier alpha value is -1.49. The summed E-state index contributed by atoms with van der Waals surface area (Å²) < 4.78 is 5.85. The van der Waals surface area contributed by atoms with Crippen molar-refractivity contribution in [1.82, 2.24) is 4.90 Å². The molecule has 126 valence electrons. The highest BCUT2D eigenvalue weighted by molar-refractivity contribution is 7.98. The van der Waals surface area contributed by atoms with Crippen molar-refractivity contribution in [2.75, 3.05) is 26.0 Å². The first-order chi connectivity index (χ1) is 11.6. The molecule has 2 aromatic rings. The van der Waals surface area contributed by atoms with Gasteiger partial charge in [-0.15, -0.1) is 11.8 Å². The quantitative estimate of drug-likeness (QED) is 0.749. The molecule has 0 spiro atoms. The number of benzene rings is 2. The molecule has 1 fully saturated rings. The van der Waals surface area contributed by atoms with Gasteiger partial charge >= 0.3 is 0 Å². The molecular formula is C19H20ClNO2S. The summed E-state index contributed by atoms with van der Waals surface area (Å²) in [5.74, 6) is 0.0747. The summed E-state index contributed by atoms with van der Waals surface area (Å²) >= 11 is 7.59. The van der Waals surface area contributed by atoms with E-state index in [4.69, 9.17) is 16.3 Å². The molecule has 1 saturated heterocycles. The monoisotopic (exact) mass is 361 g/mol. The van der Waals surface area contributed by atoms with Gasteiger partial charge in [0.1, 0.15) is 6.10 Å². The van der Waals surface area contributed by atoms with Crippen LogP contribution in [-0.4, -0.2) is 36.8 Å². The fourth-order valence-electron chi connectivity index (χ4n) is 2.84. The third-order valence-electron chi connectivity index (χ3n) is 4.27. The lowest BCUT2D eigenvalue weighted by Gasteiger charge is -2.33. The predicted octanol–water partition coefficient (Wildman–Crippen LogP) is 4.58. The lowest BCUT2D eigenvalue weighted by molar-refractivity contribution is -0.0228. The zero-order valence-electron chi connectivity index (χ0n) is 13.8. The molecule has 0 radical (unpaired) electrons. The second-order valence-corrected chi connectivity index (χ2v) is 7.16. The van der Waals surface area contributed by atoms with Gasteiger partial charge in [0, 0.05) is 22.0 Å². The molecule has 1 heterocycles. The number of amides is 1. The van der Waals surface area contributed by atoms with Crippen LogP contribution in [0.4, 0.5) is 0 Å². The molecule has 0 bridgehead atoms. The molecule has 0 saturated carbocycles. The van der Waals surface area contributed by atoms with Crippen molar-refractivity contribution in [2.45, 2.75) is 17.9 Å². The standard InChI is InChI=1S/C19H20ClNO2S/c1-13-3-8-16(24-2)11-17(13)19(22)21-9-10-23-18(12-21)14-4-6-15(20)7-5-14/h3-8,11,18H,9-10,12H2,1-2H3. The Morgan fingerprint density at radius 1 is 1.25 bits per heavy atom. The SMILES string of the molecule is CSc1ccc(C)c(C(=O)N2CCOC(c3ccc(Cl)cc3)C2)c1. The normalized spacial score (nSPS) is 17.8. The van der Waals surface area contributed by atoms with Gasteiger partial charge in [0.25, 0.3) is 5.91 Å². The number of nitrogens with zero attached hydrogens (tertiary/aromatic N) is 1. The molecule has 24 heavy (non-hydrogen) atoms. The molecular weight excluding hydrogens is 342 g/mol. The van der Waals surface area contributed by atoms with Gasteiger partial charge in [-0.3, -0.25) is 4.79 Å². The Kier molecular flexibility index (Phi) is 5.49. The van der Waals surface area contributed by atoms with Crippen molar-refractivity contribution < 1.29 is 9.53 Å². The first-order valence-electron chi connectivity index (χ1n) is 7.89. The Bertz CT molecular complexity index is 733. The van der Waals surface area contributed by atoms with E-state index in [1.165, 1.54) is 0 Å². The number of morpholine rings is 1. The van der Waals surface area contributed by atoms with Crippen molar-refractivity contribution in [3.63, 3.8) is 0 Å². The maximum Gasteiger partial charge on any atom is 0.254 e. The fourth-order valence-corrected chi connectivity index (χ4v) is 3.41. The van der Waals surface area contributed by atoms with Gasteiger partial charge in [-0.1, -0.05) is 29.8 Å². The van der Waals surface area contributed by atoms with Crippen LogP contribution in [0.1, 0.15) is 27.6 Å². The van der Waals surface area contributed by atoms with Gasteiger partial charge in [0.05, 0.1) is 13.2 Å². The van der Waals surface area contributed by atoms with Crippen molar-refractivity contribution in [1.29, 1.82) is 0 Å². The van der Waals surface area contributed by atoms with Crippen molar-refractivity contribution in [2.24, 2.45) is 0 Å². The zero-order chi connectivity index (χ0) is 17.1. The van der Waals surface area contributed by atoms with Crippen LogP contribution < -0.4 is 0 Å². The third-order valence-corrected chi connectivity index (χ3v) is 5.25. The number of carbonyl (C=O) groups is 1. The number of carbonyl (C=O) groups excluding carboxylic acids is 1. The van der Waals surface area contributed by atoms with Gasteiger partial charge in [0.15, 0.2) is 0 Å². The van der Waals surface area contributed by atoms with Gasteiger partial charge in [-0.25, -0.2) is 0 Å². The minimum Gasteiger partial charge on any atom is -0.370 e. The number of hydrogen-bond acceptors (Lipinski definition) is 3. The van der Waals surface area contributed by atoms with E-state index in [2.05, 4.69) is 0 Å². The highest BCUT2D eigenvalue weighted by Gasteiger charge is 2.27.